The predicted octanol–water partition coefficient (Wildman–Crippen LogP) is 3.27. The lowest BCUT2D eigenvalue weighted by atomic mass is 9.91. The Morgan fingerprint density at radius 2 is 1.82 bits per heavy atom. The first kappa shape index (κ1) is 11.5. The molecule has 3 heteroatoms. The molecule has 1 unspecified atom stereocenters. The molecule has 0 heterocycles. The summed E-state index contributed by atoms with van der Waals surface area (Å²) in [5.41, 5.74) is 7.40. The highest BCUT2D eigenvalue weighted by Gasteiger charge is 2.18. The summed E-state index contributed by atoms with van der Waals surface area (Å²) in [5.74, 6) is -0.471. The van der Waals surface area contributed by atoms with E-state index in [2.05, 4.69) is 0 Å². The van der Waals surface area contributed by atoms with Gasteiger partial charge in [-0.2, -0.15) is 0 Å². The van der Waals surface area contributed by atoms with Gasteiger partial charge in [-0.25, -0.2) is 4.39 Å². The number of aromatic hydroxyl groups is 1. The number of hydrogen-bond acceptors (Lipinski definition) is 2. The van der Waals surface area contributed by atoms with E-state index in [0.717, 1.165) is 0 Å². The van der Waals surface area contributed by atoms with Gasteiger partial charge in [0.05, 0.1) is 0 Å². The van der Waals surface area contributed by atoms with E-state index < -0.39 is 0 Å². The normalized spacial score (nSPS) is 12.4. The van der Waals surface area contributed by atoms with Crippen molar-refractivity contribution in [2.45, 2.75) is 12.8 Å². The molecule has 0 aromatic heterocycles. The monoisotopic (exact) mass is 231 g/mol. The van der Waals surface area contributed by atoms with E-state index >= 15 is 0 Å². The van der Waals surface area contributed by atoms with Gasteiger partial charge in [0.15, 0.2) is 0 Å². The molecule has 0 spiro atoms. The maximum atomic E-state index is 13.7. The fourth-order valence-electron chi connectivity index (χ4n) is 2.02. The second-order valence-corrected chi connectivity index (χ2v) is 4.02. The summed E-state index contributed by atoms with van der Waals surface area (Å²) in [6.45, 7) is 1.82. The molecular weight excluding hydrogens is 217 g/mol. The van der Waals surface area contributed by atoms with E-state index in [1.54, 1.807) is 36.4 Å². The van der Waals surface area contributed by atoms with Gasteiger partial charge in [-0.1, -0.05) is 31.2 Å². The fourth-order valence-corrected chi connectivity index (χ4v) is 2.02. The molecule has 17 heavy (non-hydrogen) atoms. The molecule has 0 fully saturated rings. The number of halogens is 1. The van der Waals surface area contributed by atoms with Crippen LogP contribution in [-0.2, 0) is 0 Å². The van der Waals surface area contributed by atoms with Crippen molar-refractivity contribution in [3.63, 3.8) is 0 Å². The summed E-state index contributed by atoms with van der Waals surface area (Å²) in [7, 11) is 0. The summed E-state index contributed by atoms with van der Waals surface area (Å²) in [6.07, 6.45) is 0. The molecular formula is C14H14FNO. The van der Waals surface area contributed by atoms with E-state index in [1.165, 1.54) is 6.07 Å². The summed E-state index contributed by atoms with van der Waals surface area (Å²) in [6, 6.07) is 11.4. The molecule has 2 aromatic rings. The summed E-state index contributed by atoms with van der Waals surface area (Å²) >= 11 is 0. The lowest BCUT2D eigenvalue weighted by Crippen LogP contribution is -2.03. The molecule has 1 atom stereocenters. The highest BCUT2D eigenvalue weighted by molar-refractivity contribution is 5.57. The summed E-state index contributed by atoms with van der Waals surface area (Å²) in [4.78, 5) is 0. The van der Waals surface area contributed by atoms with Crippen molar-refractivity contribution in [1.29, 1.82) is 0 Å². The van der Waals surface area contributed by atoms with Crippen molar-refractivity contribution in [3.05, 3.63) is 59.4 Å². The van der Waals surface area contributed by atoms with Gasteiger partial charge in [-0.3, -0.25) is 0 Å². The molecule has 0 saturated heterocycles. The first-order valence-corrected chi connectivity index (χ1v) is 5.43. The minimum absolute atomic E-state index is 0.0979. The Morgan fingerprint density at radius 3 is 2.47 bits per heavy atom. The first-order valence-electron chi connectivity index (χ1n) is 5.43. The fraction of sp³-hybridized carbons (Fsp3) is 0.143. The Balaban J connectivity index is 2.51. The zero-order valence-electron chi connectivity index (χ0n) is 9.52. The van der Waals surface area contributed by atoms with Crippen LogP contribution < -0.4 is 5.73 Å². The SMILES string of the molecule is CC(c1ccccc1F)c1c(N)cccc1O. The largest absolute Gasteiger partial charge is 0.508 e. The highest BCUT2D eigenvalue weighted by Crippen LogP contribution is 2.35. The van der Waals surface area contributed by atoms with Gasteiger partial charge >= 0.3 is 0 Å². The summed E-state index contributed by atoms with van der Waals surface area (Å²) in [5, 5.41) is 9.81. The van der Waals surface area contributed by atoms with Crippen molar-refractivity contribution >= 4 is 5.69 Å². The number of phenols is 1. The minimum Gasteiger partial charge on any atom is -0.508 e. The zero-order chi connectivity index (χ0) is 12.4. The van der Waals surface area contributed by atoms with Crippen LogP contribution in [0.25, 0.3) is 0 Å². The molecule has 88 valence electrons. The topological polar surface area (TPSA) is 46.2 Å². The quantitative estimate of drug-likeness (QED) is 0.779. The lowest BCUT2D eigenvalue weighted by Gasteiger charge is -2.16. The first-order chi connectivity index (χ1) is 8.11. The Kier molecular flexibility index (Phi) is 3.00. The molecule has 2 aromatic carbocycles. The van der Waals surface area contributed by atoms with Gasteiger partial charge in [-0.05, 0) is 23.8 Å². The van der Waals surface area contributed by atoms with Crippen LogP contribution in [0.2, 0.25) is 0 Å². The maximum Gasteiger partial charge on any atom is 0.127 e. The van der Waals surface area contributed by atoms with Crippen LogP contribution in [0.4, 0.5) is 10.1 Å². The van der Waals surface area contributed by atoms with Crippen LogP contribution in [0.15, 0.2) is 42.5 Å². The number of nitrogens with two attached hydrogens (primary N) is 1. The van der Waals surface area contributed by atoms with E-state index in [9.17, 15) is 9.50 Å². The van der Waals surface area contributed by atoms with Crippen molar-refractivity contribution in [2.24, 2.45) is 0 Å². The maximum absolute atomic E-state index is 13.7. The highest BCUT2D eigenvalue weighted by atomic mass is 19.1. The van der Waals surface area contributed by atoms with Crippen molar-refractivity contribution in [3.8, 4) is 5.75 Å². The van der Waals surface area contributed by atoms with Crippen molar-refractivity contribution < 1.29 is 9.50 Å². The Hall–Kier alpha value is -2.03. The third-order valence-electron chi connectivity index (χ3n) is 2.92. The predicted molar refractivity (Wildman–Crippen MR) is 66.4 cm³/mol. The Bertz CT molecular complexity index is 519. The van der Waals surface area contributed by atoms with Gasteiger partial charge < -0.3 is 10.8 Å². The molecule has 0 aliphatic heterocycles. The lowest BCUT2D eigenvalue weighted by molar-refractivity contribution is 0.466. The second-order valence-electron chi connectivity index (χ2n) is 4.02. The number of anilines is 1. The molecule has 0 bridgehead atoms. The van der Waals surface area contributed by atoms with Crippen LogP contribution in [0, 0.1) is 5.82 Å². The second kappa shape index (κ2) is 4.45. The van der Waals surface area contributed by atoms with E-state index in [0.29, 0.717) is 16.8 Å². The van der Waals surface area contributed by atoms with Crippen LogP contribution in [0.1, 0.15) is 24.0 Å². The molecule has 0 aliphatic rings. The smallest absolute Gasteiger partial charge is 0.127 e. The van der Waals surface area contributed by atoms with Gasteiger partial charge in [0.1, 0.15) is 11.6 Å². The molecule has 0 amide bonds. The number of nitrogen functional groups attached to an aromatic ring is 1. The molecule has 0 aliphatic carbocycles. The van der Waals surface area contributed by atoms with E-state index in [-0.39, 0.29) is 17.5 Å². The number of rotatable bonds is 2. The third-order valence-corrected chi connectivity index (χ3v) is 2.92. The molecule has 0 radical (unpaired) electrons. The van der Waals surface area contributed by atoms with Crippen LogP contribution >= 0.6 is 0 Å². The number of phenolic OH excluding ortho intramolecular Hbond substituents is 1. The van der Waals surface area contributed by atoms with Crippen LogP contribution in [0.3, 0.4) is 0 Å². The average Bonchev–Trinajstić information content (AvgIpc) is 2.29. The van der Waals surface area contributed by atoms with Gasteiger partial charge in [-0.15, -0.1) is 0 Å². The Labute approximate surface area is 99.5 Å². The molecule has 2 rings (SSSR count). The van der Waals surface area contributed by atoms with Crippen molar-refractivity contribution in [1.82, 2.24) is 0 Å². The van der Waals surface area contributed by atoms with Crippen LogP contribution in [-0.4, -0.2) is 5.11 Å². The standard InChI is InChI=1S/C14H14FNO/c1-9(10-5-2-3-6-11(10)15)14-12(16)7-4-8-13(14)17/h2-9,17H,16H2,1H3. The Morgan fingerprint density at radius 1 is 1.12 bits per heavy atom. The van der Waals surface area contributed by atoms with Gasteiger partial charge in [0.2, 0.25) is 0 Å². The minimum atomic E-state index is -0.289. The van der Waals surface area contributed by atoms with E-state index in [4.69, 9.17) is 5.73 Å². The van der Waals surface area contributed by atoms with Gasteiger partial charge in [0.25, 0.3) is 0 Å². The molecule has 2 nitrogen and oxygen atoms in total. The van der Waals surface area contributed by atoms with Gasteiger partial charge in [0, 0.05) is 17.2 Å². The molecule has 0 saturated carbocycles. The van der Waals surface area contributed by atoms with Crippen molar-refractivity contribution in [2.75, 3.05) is 5.73 Å². The van der Waals surface area contributed by atoms with E-state index in [1.807, 2.05) is 6.92 Å². The molecule has 3 N–H and O–H groups in total. The number of hydrogen-bond donors (Lipinski definition) is 2. The average molecular weight is 231 g/mol. The summed E-state index contributed by atoms with van der Waals surface area (Å²) < 4.78 is 13.7. The number of benzene rings is 2. The zero-order valence-corrected chi connectivity index (χ0v) is 9.52. The van der Waals surface area contributed by atoms with Crippen LogP contribution in [0.5, 0.6) is 5.75 Å². The third kappa shape index (κ3) is 2.09.